The molecule has 3 N–H and O–H groups in total. The Bertz CT molecular complexity index is 649. The third kappa shape index (κ3) is 3.15. The van der Waals surface area contributed by atoms with E-state index in [0.717, 1.165) is 4.47 Å². The minimum absolute atomic E-state index is 0.0696. The Morgan fingerprint density at radius 3 is 2.84 bits per heavy atom. The number of nitrogens with zero attached hydrogens (tertiary/aromatic N) is 1. The first kappa shape index (κ1) is 13.6. The minimum atomic E-state index is -1.15. The van der Waals surface area contributed by atoms with Crippen LogP contribution in [0, 0.1) is 0 Å². The van der Waals surface area contributed by atoms with E-state index in [1.54, 1.807) is 18.2 Å². The molecule has 0 atom stereocenters. The molecule has 19 heavy (non-hydrogen) atoms. The summed E-state index contributed by atoms with van der Waals surface area (Å²) in [6.07, 6.45) is 1.23. The number of ether oxygens (including phenoxy) is 1. The molecule has 0 aliphatic rings. The minimum Gasteiger partial charge on any atom is -0.478 e. The van der Waals surface area contributed by atoms with Crippen LogP contribution in [-0.2, 0) is 0 Å². The van der Waals surface area contributed by atoms with Crippen LogP contribution in [0.3, 0.4) is 0 Å². The number of pyridine rings is 1. The first-order valence-corrected chi connectivity index (χ1v) is 6.26. The number of carboxylic acid groups (broad SMARTS) is 1. The number of nitrogens with two attached hydrogens (primary N) is 1. The normalized spacial score (nSPS) is 10.2. The summed E-state index contributed by atoms with van der Waals surface area (Å²) in [5, 5.41) is 9.35. The van der Waals surface area contributed by atoms with Gasteiger partial charge in [-0.05, 0) is 18.2 Å². The summed E-state index contributed by atoms with van der Waals surface area (Å²) in [6, 6.07) is 6.31. The fourth-order valence-corrected chi connectivity index (χ4v) is 1.85. The van der Waals surface area contributed by atoms with Crippen molar-refractivity contribution >= 4 is 39.2 Å². The Morgan fingerprint density at radius 2 is 2.16 bits per heavy atom. The Labute approximate surface area is 122 Å². The zero-order valence-corrected chi connectivity index (χ0v) is 11.8. The summed E-state index contributed by atoms with van der Waals surface area (Å²) in [6.45, 7) is 0. The van der Waals surface area contributed by atoms with Gasteiger partial charge >= 0.3 is 5.97 Å². The molecule has 0 fully saturated rings. The molecule has 98 valence electrons. The molecule has 7 heteroatoms. The van der Waals surface area contributed by atoms with E-state index in [1.165, 1.54) is 12.3 Å². The van der Waals surface area contributed by atoms with Crippen LogP contribution < -0.4 is 10.5 Å². The van der Waals surface area contributed by atoms with Crippen molar-refractivity contribution in [1.29, 1.82) is 0 Å². The van der Waals surface area contributed by atoms with Crippen molar-refractivity contribution < 1.29 is 14.6 Å². The second kappa shape index (κ2) is 5.46. The molecule has 0 aliphatic carbocycles. The molecule has 2 aromatic rings. The molecule has 0 amide bonds. The molecule has 1 heterocycles. The molecule has 0 saturated heterocycles. The lowest BCUT2D eigenvalue weighted by molar-refractivity contribution is 0.0697. The van der Waals surface area contributed by atoms with E-state index in [2.05, 4.69) is 20.9 Å². The second-order valence-corrected chi connectivity index (χ2v) is 4.91. The van der Waals surface area contributed by atoms with E-state index in [0.29, 0.717) is 10.8 Å². The zero-order valence-electron chi connectivity index (χ0n) is 9.43. The molecule has 0 aliphatic heterocycles. The van der Waals surface area contributed by atoms with E-state index < -0.39 is 5.97 Å². The average Bonchev–Trinajstić information content (AvgIpc) is 2.36. The van der Waals surface area contributed by atoms with Crippen LogP contribution in [0.1, 0.15) is 10.4 Å². The molecule has 0 bridgehead atoms. The standard InChI is InChI=1S/C12H8BrClN2O3/c13-6-1-2-8(14)10(3-6)19-11-4-7(12(17)18)9(15)5-16-11/h1-5H,15H2,(H,17,18). The maximum Gasteiger partial charge on any atom is 0.338 e. The van der Waals surface area contributed by atoms with Gasteiger partial charge in [0.05, 0.1) is 22.5 Å². The smallest absolute Gasteiger partial charge is 0.338 e. The number of anilines is 1. The van der Waals surface area contributed by atoms with Gasteiger partial charge < -0.3 is 15.6 Å². The molecular weight excluding hydrogens is 336 g/mol. The van der Waals surface area contributed by atoms with Crippen LogP contribution >= 0.6 is 27.5 Å². The summed E-state index contributed by atoms with van der Waals surface area (Å²) in [5.41, 5.74) is 5.50. The van der Waals surface area contributed by atoms with Gasteiger partial charge in [0.25, 0.3) is 0 Å². The van der Waals surface area contributed by atoms with Gasteiger partial charge in [-0.25, -0.2) is 9.78 Å². The van der Waals surface area contributed by atoms with E-state index in [4.69, 9.17) is 27.2 Å². The van der Waals surface area contributed by atoms with Gasteiger partial charge in [0, 0.05) is 10.5 Å². The second-order valence-electron chi connectivity index (χ2n) is 3.59. The van der Waals surface area contributed by atoms with Gasteiger partial charge in [-0.3, -0.25) is 0 Å². The lowest BCUT2D eigenvalue weighted by Crippen LogP contribution is -2.03. The molecule has 5 nitrogen and oxygen atoms in total. The number of hydrogen-bond donors (Lipinski definition) is 2. The number of benzene rings is 1. The largest absolute Gasteiger partial charge is 0.478 e. The van der Waals surface area contributed by atoms with Crippen LogP contribution in [0.15, 0.2) is 34.9 Å². The van der Waals surface area contributed by atoms with Crippen molar-refractivity contribution in [1.82, 2.24) is 4.98 Å². The lowest BCUT2D eigenvalue weighted by atomic mass is 10.2. The number of halogens is 2. The monoisotopic (exact) mass is 342 g/mol. The first-order chi connectivity index (χ1) is 8.97. The predicted octanol–water partition coefficient (Wildman–Crippen LogP) is 3.57. The van der Waals surface area contributed by atoms with E-state index in [9.17, 15) is 4.79 Å². The van der Waals surface area contributed by atoms with Gasteiger partial charge in [0.2, 0.25) is 5.88 Å². The van der Waals surface area contributed by atoms with Gasteiger partial charge in [0.1, 0.15) is 5.75 Å². The SMILES string of the molecule is Nc1cnc(Oc2cc(Br)ccc2Cl)cc1C(=O)O. The number of aromatic carboxylic acids is 1. The van der Waals surface area contributed by atoms with Gasteiger partial charge in [-0.1, -0.05) is 27.5 Å². The highest BCUT2D eigenvalue weighted by Gasteiger charge is 2.12. The molecule has 2 rings (SSSR count). The van der Waals surface area contributed by atoms with E-state index in [-0.39, 0.29) is 17.1 Å². The van der Waals surface area contributed by atoms with E-state index >= 15 is 0 Å². The summed E-state index contributed by atoms with van der Waals surface area (Å²) in [7, 11) is 0. The summed E-state index contributed by atoms with van der Waals surface area (Å²) >= 11 is 9.25. The molecule has 0 spiro atoms. The Kier molecular flexibility index (Phi) is 3.92. The highest BCUT2D eigenvalue weighted by Crippen LogP contribution is 2.31. The van der Waals surface area contributed by atoms with Crippen molar-refractivity contribution in [2.75, 3.05) is 5.73 Å². The van der Waals surface area contributed by atoms with Crippen molar-refractivity contribution in [3.05, 3.63) is 45.5 Å². The topological polar surface area (TPSA) is 85.4 Å². The third-order valence-corrected chi connectivity index (χ3v) is 3.05. The molecule has 0 saturated carbocycles. The van der Waals surface area contributed by atoms with Crippen LogP contribution in [0.5, 0.6) is 11.6 Å². The summed E-state index contributed by atoms with van der Waals surface area (Å²) < 4.78 is 6.22. The predicted molar refractivity (Wildman–Crippen MR) is 74.8 cm³/mol. The molecule has 1 aromatic carbocycles. The van der Waals surface area contributed by atoms with Gasteiger partial charge in [-0.2, -0.15) is 0 Å². The molecular formula is C12H8BrClN2O3. The van der Waals surface area contributed by atoms with Gasteiger partial charge in [-0.15, -0.1) is 0 Å². The quantitative estimate of drug-likeness (QED) is 0.890. The first-order valence-electron chi connectivity index (χ1n) is 5.09. The van der Waals surface area contributed by atoms with Crippen LogP contribution in [-0.4, -0.2) is 16.1 Å². The average molecular weight is 344 g/mol. The summed E-state index contributed by atoms with van der Waals surface area (Å²) in [4.78, 5) is 14.9. The van der Waals surface area contributed by atoms with Crippen molar-refractivity contribution in [2.45, 2.75) is 0 Å². The van der Waals surface area contributed by atoms with Crippen LogP contribution in [0.25, 0.3) is 0 Å². The number of carboxylic acids is 1. The summed E-state index contributed by atoms with van der Waals surface area (Å²) in [5.74, 6) is -0.679. The van der Waals surface area contributed by atoms with Crippen molar-refractivity contribution in [3.8, 4) is 11.6 Å². The number of hydrogen-bond acceptors (Lipinski definition) is 4. The van der Waals surface area contributed by atoms with Crippen molar-refractivity contribution in [3.63, 3.8) is 0 Å². The number of rotatable bonds is 3. The zero-order chi connectivity index (χ0) is 14.0. The van der Waals surface area contributed by atoms with Crippen LogP contribution in [0.4, 0.5) is 5.69 Å². The van der Waals surface area contributed by atoms with Gasteiger partial charge in [0.15, 0.2) is 0 Å². The van der Waals surface area contributed by atoms with Crippen molar-refractivity contribution in [2.24, 2.45) is 0 Å². The highest BCUT2D eigenvalue weighted by molar-refractivity contribution is 9.10. The third-order valence-electron chi connectivity index (χ3n) is 2.25. The van der Waals surface area contributed by atoms with E-state index in [1.807, 2.05) is 0 Å². The highest BCUT2D eigenvalue weighted by atomic mass is 79.9. The molecule has 1 aromatic heterocycles. The maximum absolute atomic E-state index is 11.0. The Hall–Kier alpha value is -1.79. The maximum atomic E-state index is 11.0. The molecule has 0 radical (unpaired) electrons. The fourth-order valence-electron chi connectivity index (χ4n) is 1.36. The molecule has 0 unspecified atom stereocenters. The number of nitrogen functional groups attached to an aromatic ring is 1. The number of carbonyl (C=O) groups is 1. The Balaban J connectivity index is 2.36. The number of aromatic nitrogens is 1. The van der Waals surface area contributed by atoms with Crippen LogP contribution in [0.2, 0.25) is 5.02 Å². The Morgan fingerprint density at radius 1 is 1.42 bits per heavy atom. The lowest BCUT2D eigenvalue weighted by Gasteiger charge is -2.08. The fraction of sp³-hybridized carbons (Fsp3) is 0.